The number of imidazole rings is 1. The third kappa shape index (κ3) is 2.62. The number of pyridine rings is 1. The van der Waals surface area contributed by atoms with Crippen molar-refractivity contribution in [1.82, 2.24) is 14.5 Å². The molecule has 0 fully saturated rings. The molecule has 6 heteroatoms. The molecular weight excluding hydrogens is 417 g/mol. The number of halogens is 3. The Bertz CT molecular complexity index is 819. The van der Waals surface area contributed by atoms with E-state index in [0.29, 0.717) is 5.88 Å². The van der Waals surface area contributed by atoms with Crippen LogP contribution in [0.15, 0.2) is 33.3 Å². The van der Waals surface area contributed by atoms with Gasteiger partial charge in [-0.1, -0.05) is 15.9 Å². The first-order valence-electron chi connectivity index (χ1n) is 6.37. The molecule has 0 bridgehead atoms. The second-order valence-electron chi connectivity index (χ2n) is 4.89. The molecule has 0 aliphatic heterocycles. The minimum atomic E-state index is 0.335. The normalized spacial score (nSPS) is 11.3. The van der Waals surface area contributed by atoms with Gasteiger partial charge in [0, 0.05) is 20.8 Å². The van der Waals surface area contributed by atoms with Gasteiger partial charge in [0.2, 0.25) is 0 Å². The lowest BCUT2D eigenvalue weighted by molar-refractivity contribution is 0.965. The summed E-state index contributed by atoms with van der Waals surface area (Å²) in [6.07, 6.45) is 1.77. The van der Waals surface area contributed by atoms with Crippen molar-refractivity contribution >= 4 is 54.6 Å². The molecule has 2 aromatic heterocycles. The number of rotatable bonds is 2. The highest BCUT2D eigenvalue weighted by Gasteiger charge is 2.14. The van der Waals surface area contributed by atoms with E-state index in [1.165, 1.54) is 11.1 Å². The summed E-state index contributed by atoms with van der Waals surface area (Å²) in [5.74, 6) is 1.13. The van der Waals surface area contributed by atoms with Crippen molar-refractivity contribution in [3.63, 3.8) is 0 Å². The quantitative estimate of drug-likeness (QED) is 0.518. The van der Waals surface area contributed by atoms with Crippen LogP contribution in [0.1, 0.15) is 17.0 Å². The van der Waals surface area contributed by atoms with Crippen LogP contribution in [0, 0.1) is 13.8 Å². The summed E-state index contributed by atoms with van der Waals surface area (Å²) >= 11 is 13.1. The van der Waals surface area contributed by atoms with Crippen molar-refractivity contribution < 1.29 is 0 Å². The number of hydrogen-bond acceptors (Lipinski definition) is 2. The van der Waals surface area contributed by atoms with Crippen LogP contribution in [0.5, 0.6) is 0 Å². The zero-order chi connectivity index (χ0) is 15.1. The van der Waals surface area contributed by atoms with Crippen LogP contribution in [-0.2, 0) is 5.88 Å². The maximum atomic E-state index is 6.07. The Morgan fingerprint density at radius 2 is 1.81 bits per heavy atom. The Hall–Kier alpha value is -0.910. The highest BCUT2D eigenvalue weighted by Crippen LogP contribution is 2.28. The molecule has 21 heavy (non-hydrogen) atoms. The van der Waals surface area contributed by atoms with Gasteiger partial charge in [0.25, 0.3) is 0 Å². The van der Waals surface area contributed by atoms with Crippen LogP contribution in [0.25, 0.3) is 16.9 Å². The van der Waals surface area contributed by atoms with E-state index >= 15 is 0 Å². The van der Waals surface area contributed by atoms with Gasteiger partial charge in [0.05, 0.1) is 5.88 Å². The topological polar surface area (TPSA) is 30.7 Å². The average Bonchev–Trinajstić information content (AvgIpc) is 2.81. The van der Waals surface area contributed by atoms with Gasteiger partial charge in [-0.05, 0) is 59.1 Å². The van der Waals surface area contributed by atoms with Crippen molar-refractivity contribution in [1.29, 1.82) is 0 Å². The third-order valence-electron chi connectivity index (χ3n) is 3.33. The Kier molecular flexibility index (Phi) is 4.08. The number of aryl methyl sites for hydroxylation is 2. The predicted octanol–water partition coefficient (Wildman–Crippen LogP) is 5.30. The van der Waals surface area contributed by atoms with Crippen LogP contribution in [-0.4, -0.2) is 14.5 Å². The summed E-state index contributed by atoms with van der Waals surface area (Å²) in [7, 11) is 0. The standard InChI is InChI=1S/C15H12Br2ClN3/c1-8-3-11(4-9(2)14(8)17)21-13(6-18)20-12-5-10(16)7-19-15(12)21/h3-5,7H,6H2,1-2H3. The SMILES string of the molecule is Cc1cc(-n2c(CCl)nc3cc(Br)cnc32)cc(C)c1Br. The lowest BCUT2D eigenvalue weighted by Gasteiger charge is -2.11. The highest BCUT2D eigenvalue weighted by molar-refractivity contribution is 9.10. The fourth-order valence-electron chi connectivity index (χ4n) is 2.40. The molecule has 0 N–H and O–H groups in total. The zero-order valence-electron chi connectivity index (χ0n) is 11.5. The monoisotopic (exact) mass is 427 g/mol. The van der Waals surface area contributed by atoms with Gasteiger partial charge in [0.15, 0.2) is 5.65 Å². The van der Waals surface area contributed by atoms with Crippen molar-refractivity contribution in [2.45, 2.75) is 19.7 Å². The summed E-state index contributed by atoms with van der Waals surface area (Å²) in [5.41, 5.74) is 5.02. The molecule has 0 saturated carbocycles. The first-order valence-corrected chi connectivity index (χ1v) is 8.49. The van der Waals surface area contributed by atoms with E-state index in [0.717, 1.165) is 31.6 Å². The molecule has 3 rings (SSSR count). The fourth-order valence-corrected chi connectivity index (χ4v) is 3.13. The molecule has 2 heterocycles. The van der Waals surface area contributed by atoms with Crippen LogP contribution in [0.3, 0.4) is 0 Å². The number of hydrogen-bond donors (Lipinski definition) is 0. The largest absolute Gasteiger partial charge is 0.280 e. The molecule has 3 aromatic rings. The molecule has 0 aliphatic rings. The minimum Gasteiger partial charge on any atom is -0.280 e. The molecule has 0 amide bonds. The van der Waals surface area contributed by atoms with E-state index in [2.05, 4.69) is 67.8 Å². The first-order chi connectivity index (χ1) is 10.0. The molecule has 0 unspecified atom stereocenters. The smallest absolute Gasteiger partial charge is 0.164 e. The molecular formula is C15H12Br2ClN3. The summed E-state index contributed by atoms with van der Waals surface area (Å²) in [6, 6.07) is 6.17. The van der Waals surface area contributed by atoms with Gasteiger partial charge in [-0.3, -0.25) is 4.57 Å². The molecule has 0 saturated heterocycles. The van der Waals surface area contributed by atoms with Crippen LogP contribution in [0.2, 0.25) is 0 Å². The van der Waals surface area contributed by atoms with E-state index in [1.807, 2.05) is 10.6 Å². The zero-order valence-corrected chi connectivity index (χ0v) is 15.4. The predicted molar refractivity (Wildman–Crippen MR) is 93.3 cm³/mol. The van der Waals surface area contributed by atoms with Gasteiger partial charge in [0.1, 0.15) is 11.3 Å². The molecule has 0 spiro atoms. The molecule has 3 nitrogen and oxygen atoms in total. The van der Waals surface area contributed by atoms with Crippen LogP contribution >= 0.6 is 43.5 Å². The molecule has 0 radical (unpaired) electrons. The Morgan fingerprint density at radius 3 is 2.43 bits per heavy atom. The molecule has 0 atom stereocenters. The van der Waals surface area contributed by atoms with Crippen LogP contribution in [0.4, 0.5) is 0 Å². The van der Waals surface area contributed by atoms with Gasteiger partial charge >= 0.3 is 0 Å². The van der Waals surface area contributed by atoms with E-state index in [4.69, 9.17) is 11.6 Å². The van der Waals surface area contributed by atoms with Crippen molar-refractivity contribution in [3.8, 4) is 5.69 Å². The average molecular weight is 430 g/mol. The fraction of sp³-hybridized carbons (Fsp3) is 0.200. The van der Waals surface area contributed by atoms with E-state index in [1.54, 1.807) is 6.20 Å². The van der Waals surface area contributed by atoms with Crippen molar-refractivity contribution in [3.05, 3.63) is 50.3 Å². The van der Waals surface area contributed by atoms with Gasteiger partial charge in [-0.15, -0.1) is 11.6 Å². The summed E-state index contributed by atoms with van der Waals surface area (Å²) in [5, 5.41) is 0. The third-order valence-corrected chi connectivity index (χ3v) is 5.26. The Labute approximate surface area is 144 Å². The lowest BCUT2D eigenvalue weighted by atomic mass is 10.1. The van der Waals surface area contributed by atoms with Crippen LogP contribution < -0.4 is 0 Å². The molecule has 108 valence electrons. The number of nitrogens with zero attached hydrogens (tertiary/aromatic N) is 3. The Morgan fingerprint density at radius 1 is 1.14 bits per heavy atom. The number of benzene rings is 1. The van der Waals surface area contributed by atoms with E-state index in [9.17, 15) is 0 Å². The first kappa shape index (κ1) is 15.0. The molecule has 0 aliphatic carbocycles. The van der Waals surface area contributed by atoms with Gasteiger partial charge < -0.3 is 0 Å². The second kappa shape index (κ2) is 5.71. The minimum absolute atomic E-state index is 0.335. The maximum Gasteiger partial charge on any atom is 0.164 e. The molecule has 1 aromatic carbocycles. The lowest BCUT2D eigenvalue weighted by Crippen LogP contribution is -2.01. The maximum absolute atomic E-state index is 6.07. The van der Waals surface area contributed by atoms with Gasteiger partial charge in [-0.2, -0.15) is 0 Å². The number of aromatic nitrogens is 3. The Balaban J connectivity index is 2.33. The van der Waals surface area contributed by atoms with E-state index < -0.39 is 0 Å². The van der Waals surface area contributed by atoms with Crippen molar-refractivity contribution in [2.24, 2.45) is 0 Å². The van der Waals surface area contributed by atoms with Crippen molar-refractivity contribution in [2.75, 3.05) is 0 Å². The second-order valence-corrected chi connectivity index (χ2v) is 6.86. The summed E-state index contributed by atoms with van der Waals surface area (Å²) in [4.78, 5) is 9.07. The highest BCUT2D eigenvalue weighted by atomic mass is 79.9. The summed E-state index contributed by atoms with van der Waals surface area (Å²) in [6.45, 7) is 4.15. The van der Waals surface area contributed by atoms with Gasteiger partial charge in [-0.25, -0.2) is 9.97 Å². The van der Waals surface area contributed by atoms with E-state index in [-0.39, 0.29) is 0 Å². The number of alkyl halides is 1. The number of fused-ring (bicyclic) bond motifs is 1. The summed E-state index contributed by atoms with van der Waals surface area (Å²) < 4.78 is 4.05.